The second-order valence-electron chi connectivity index (χ2n) is 7.81. The van der Waals surface area contributed by atoms with Gasteiger partial charge in [0.25, 0.3) is 0 Å². The average molecular weight is 369 g/mol. The molecule has 2 bridgehead atoms. The highest BCUT2D eigenvalue weighted by molar-refractivity contribution is 5.77. The molecule has 0 spiro atoms. The van der Waals surface area contributed by atoms with E-state index in [1.165, 1.54) is 51.9 Å². The van der Waals surface area contributed by atoms with Crippen molar-refractivity contribution in [2.24, 2.45) is 0 Å². The largest absolute Gasteiger partial charge is 0.365 e. The van der Waals surface area contributed by atoms with Crippen LogP contribution in [0.3, 0.4) is 0 Å². The molecule has 0 aromatic heterocycles. The van der Waals surface area contributed by atoms with Gasteiger partial charge in [0.1, 0.15) is 5.82 Å². The SMILES string of the molecule is C1=CC2=CC=C(CC2)N1.Fc1ccc2c(c1)-c1ccc3c(c1CC2)CCC=C3. The van der Waals surface area contributed by atoms with Crippen molar-refractivity contribution in [3.63, 3.8) is 0 Å². The summed E-state index contributed by atoms with van der Waals surface area (Å²) in [5.41, 5.74) is 10.7. The number of rotatable bonds is 0. The first-order valence-corrected chi connectivity index (χ1v) is 10.2. The number of allylic oxidation sites excluding steroid dienone is 6. The van der Waals surface area contributed by atoms with E-state index in [4.69, 9.17) is 0 Å². The van der Waals surface area contributed by atoms with Gasteiger partial charge in [-0.25, -0.2) is 4.39 Å². The second kappa shape index (κ2) is 7.27. The van der Waals surface area contributed by atoms with Gasteiger partial charge in [0.2, 0.25) is 0 Å². The molecule has 1 N–H and O–H groups in total. The normalized spacial score (nSPS) is 17.8. The van der Waals surface area contributed by atoms with Gasteiger partial charge in [-0.05, 0) is 102 Å². The standard InChI is InChI=1S/C18H15F.C8H9N/c19-14-8-5-13-7-9-16-15-4-2-1-3-12(15)6-10-17(16)18(13)11-14;1-3-8-4-2-7(1)5-6-9-8/h1,3,5-6,8,10-11H,2,4,7,9H2;1,3,5-6,9H,2,4H2. The van der Waals surface area contributed by atoms with Crippen molar-refractivity contribution in [1.82, 2.24) is 5.32 Å². The lowest BCUT2D eigenvalue weighted by Gasteiger charge is -2.25. The molecule has 0 saturated carbocycles. The summed E-state index contributed by atoms with van der Waals surface area (Å²) in [6.07, 6.45) is 19.7. The highest BCUT2D eigenvalue weighted by Gasteiger charge is 2.21. The molecular weight excluding hydrogens is 345 g/mol. The van der Waals surface area contributed by atoms with Gasteiger partial charge in [-0.1, -0.05) is 36.4 Å². The number of hydrogen-bond acceptors (Lipinski definition) is 1. The van der Waals surface area contributed by atoms with Gasteiger partial charge in [0.05, 0.1) is 0 Å². The lowest BCUT2D eigenvalue weighted by atomic mass is 9.79. The Balaban J connectivity index is 0.000000158. The fourth-order valence-corrected chi connectivity index (χ4v) is 4.58. The van der Waals surface area contributed by atoms with Gasteiger partial charge in [-0.15, -0.1) is 0 Å². The molecule has 0 unspecified atom stereocenters. The first-order chi connectivity index (χ1) is 13.8. The molecule has 5 aliphatic rings. The minimum absolute atomic E-state index is 0.135. The Morgan fingerprint density at radius 2 is 1.75 bits per heavy atom. The van der Waals surface area contributed by atoms with Crippen LogP contribution in [0.4, 0.5) is 4.39 Å². The van der Waals surface area contributed by atoms with Crippen molar-refractivity contribution < 1.29 is 4.39 Å². The van der Waals surface area contributed by atoms with E-state index in [2.05, 4.69) is 47.8 Å². The van der Waals surface area contributed by atoms with E-state index < -0.39 is 0 Å². The first kappa shape index (κ1) is 17.2. The number of halogens is 1. The molecule has 1 nitrogen and oxygen atoms in total. The zero-order valence-corrected chi connectivity index (χ0v) is 16.0. The van der Waals surface area contributed by atoms with E-state index in [0.717, 1.165) is 31.2 Å². The Hall–Kier alpha value is -2.87. The quantitative estimate of drug-likeness (QED) is 0.578. The molecular formula is C26H24FN. The van der Waals surface area contributed by atoms with Crippen molar-refractivity contribution in [2.45, 2.75) is 38.5 Å². The molecule has 0 fully saturated rings. The predicted octanol–water partition coefficient (Wildman–Crippen LogP) is 6.26. The molecule has 28 heavy (non-hydrogen) atoms. The lowest BCUT2D eigenvalue weighted by molar-refractivity contribution is 0.627. The summed E-state index contributed by atoms with van der Waals surface area (Å²) in [6.45, 7) is 0. The first-order valence-electron chi connectivity index (χ1n) is 10.2. The van der Waals surface area contributed by atoms with Crippen molar-refractivity contribution >= 4 is 6.08 Å². The summed E-state index contributed by atoms with van der Waals surface area (Å²) in [5, 5.41) is 3.20. The smallest absolute Gasteiger partial charge is 0.123 e. The summed E-state index contributed by atoms with van der Waals surface area (Å²) in [4.78, 5) is 0. The van der Waals surface area contributed by atoms with Gasteiger partial charge in [-0.3, -0.25) is 0 Å². The van der Waals surface area contributed by atoms with Crippen LogP contribution in [-0.4, -0.2) is 0 Å². The minimum Gasteiger partial charge on any atom is -0.365 e. The zero-order chi connectivity index (χ0) is 18.9. The van der Waals surface area contributed by atoms with E-state index in [0.29, 0.717) is 0 Å². The third-order valence-corrected chi connectivity index (χ3v) is 6.08. The average Bonchev–Trinajstić information content (AvgIpc) is 3.12. The molecule has 140 valence electrons. The fraction of sp³-hybridized carbons (Fsp3) is 0.231. The topological polar surface area (TPSA) is 12.0 Å². The Morgan fingerprint density at radius 1 is 0.786 bits per heavy atom. The Morgan fingerprint density at radius 3 is 2.64 bits per heavy atom. The number of aryl methyl sites for hydroxylation is 1. The molecule has 2 aromatic rings. The van der Waals surface area contributed by atoms with E-state index in [-0.39, 0.29) is 5.82 Å². The summed E-state index contributed by atoms with van der Waals surface area (Å²) >= 11 is 0. The van der Waals surface area contributed by atoms with Crippen LogP contribution in [0.5, 0.6) is 0 Å². The van der Waals surface area contributed by atoms with Gasteiger partial charge in [0, 0.05) is 11.9 Å². The van der Waals surface area contributed by atoms with Crippen molar-refractivity contribution in [2.75, 3.05) is 0 Å². The molecule has 7 rings (SSSR count). The number of benzene rings is 2. The van der Waals surface area contributed by atoms with Crippen molar-refractivity contribution in [3.8, 4) is 11.1 Å². The second-order valence-corrected chi connectivity index (χ2v) is 7.81. The van der Waals surface area contributed by atoms with Crippen LogP contribution in [0.2, 0.25) is 0 Å². The lowest BCUT2D eigenvalue weighted by Crippen LogP contribution is -2.10. The molecule has 3 aliphatic carbocycles. The molecule has 2 aliphatic heterocycles. The fourth-order valence-electron chi connectivity index (χ4n) is 4.58. The van der Waals surface area contributed by atoms with Crippen LogP contribution in [0.25, 0.3) is 17.2 Å². The van der Waals surface area contributed by atoms with Crippen LogP contribution in [0, 0.1) is 5.82 Å². The zero-order valence-electron chi connectivity index (χ0n) is 16.0. The van der Waals surface area contributed by atoms with Crippen LogP contribution >= 0.6 is 0 Å². The van der Waals surface area contributed by atoms with E-state index in [9.17, 15) is 4.39 Å². The third-order valence-electron chi connectivity index (χ3n) is 6.08. The molecule has 2 heterocycles. The third kappa shape index (κ3) is 3.24. The summed E-state index contributed by atoms with van der Waals surface area (Å²) in [7, 11) is 0. The van der Waals surface area contributed by atoms with Crippen LogP contribution in [-0.2, 0) is 19.3 Å². The molecule has 0 radical (unpaired) electrons. The van der Waals surface area contributed by atoms with Crippen LogP contribution in [0.1, 0.15) is 41.5 Å². The number of nitrogens with one attached hydrogen (secondary N) is 1. The summed E-state index contributed by atoms with van der Waals surface area (Å²) in [5.74, 6) is -0.135. The molecule has 0 saturated heterocycles. The Kier molecular flexibility index (Phi) is 4.48. The number of fused-ring (bicyclic) bond motifs is 8. The molecule has 0 amide bonds. The van der Waals surface area contributed by atoms with Crippen LogP contribution < -0.4 is 5.32 Å². The monoisotopic (exact) mass is 369 g/mol. The number of hydrogen-bond donors (Lipinski definition) is 1. The summed E-state index contributed by atoms with van der Waals surface area (Å²) in [6, 6.07) is 9.56. The minimum atomic E-state index is -0.135. The van der Waals surface area contributed by atoms with Crippen molar-refractivity contribution in [3.05, 3.63) is 100 Å². The van der Waals surface area contributed by atoms with Gasteiger partial charge in [0.15, 0.2) is 0 Å². The Labute approximate surface area is 166 Å². The highest BCUT2D eigenvalue weighted by atomic mass is 19.1. The predicted molar refractivity (Wildman–Crippen MR) is 114 cm³/mol. The maximum absolute atomic E-state index is 13.5. The maximum atomic E-state index is 13.5. The van der Waals surface area contributed by atoms with Crippen LogP contribution in [0.15, 0.2) is 72.1 Å². The maximum Gasteiger partial charge on any atom is 0.123 e. The molecule has 2 aromatic carbocycles. The molecule has 0 atom stereocenters. The van der Waals surface area contributed by atoms with E-state index in [1.807, 2.05) is 12.3 Å². The van der Waals surface area contributed by atoms with Gasteiger partial charge in [-0.2, -0.15) is 0 Å². The van der Waals surface area contributed by atoms with Gasteiger partial charge < -0.3 is 5.32 Å². The van der Waals surface area contributed by atoms with E-state index in [1.54, 1.807) is 12.1 Å². The molecule has 2 heteroatoms. The Bertz CT molecular complexity index is 1050. The van der Waals surface area contributed by atoms with Crippen molar-refractivity contribution in [1.29, 1.82) is 0 Å². The van der Waals surface area contributed by atoms with E-state index >= 15 is 0 Å². The highest BCUT2D eigenvalue weighted by Crippen LogP contribution is 2.38. The summed E-state index contributed by atoms with van der Waals surface area (Å²) < 4.78 is 13.5. The van der Waals surface area contributed by atoms with Gasteiger partial charge >= 0.3 is 0 Å².